The predicted octanol–water partition coefficient (Wildman–Crippen LogP) is 2.13. The molecule has 2 rings (SSSR count). The van der Waals surface area contributed by atoms with E-state index in [1.165, 1.54) is 5.56 Å². The van der Waals surface area contributed by atoms with Crippen molar-refractivity contribution in [3.63, 3.8) is 0 Å². The molecule has 1 aromatic rings. The van der Waals surface area contributed by atoms with Crippen molar-refractivity contribution in [2.45, 2.75) is 19.4 Å². The summed E-state index contributed by atoms with van der Waals surface area (Å²) in [4.78, 5) is 0. The number of likely N-dealkylation sites (N-methyl/N-ethyl adjacent to an activating group) is 1. The molecule has 3 heteroatoms. The Morgan fingerprint density at radius 1 is 1.53 bits per heavy atom. The summed E-state index contributed by atoms with van der Waals surface area (Å²) in [5.74, 6) is 1.78. The van der Waals surface area contributed by atoms with Crippen LogP contribution in [0.5, 0.6) is 11.5 Å². The molecular formula is C12H17NO2. The monoisotopic (exact) mass is 207 g/mol. The molecule has 3 nitrogen and oxygen atoms in total. The van der Waals surface area contributed by atoms with Crippen LogP contribution in [0.1, 0.15) is 24.9 Å². The van der Waals surface area contributed by atoms with Gasteiger partial charge in [0.2, 0.25) is 0 Å². The highest BCUT2D eigenvalue weighted by Gasteiger charge is 2.25. The average molecular weight is 207 g/mol. The third kappa shape index (κ3) is 1.92. The zero-order valence-corrected chi connectivity index (χ0v) is 9.25. The fraction of sp³-hybridized carbons (Fsp3) is 0.500. The minimum Gasteiger partial charge on any atom is -0.490 e. The average Bonchev–Trinajstić information content (AvgIpc) is 2.69. The number of benzene rings is 1. The lowest BCUT2D eigenvalue weighted by Gasteiger charge is -2.09. The highest BCUT2D eigenvalue weighted by atomic mass is 16.5. The van der Waals surface area contributed by atoms with E-state index in [4.69, 9.17) is 9.47 Å². The second kappa shape index (κ2) is 4.53. The number of fused-ring (bicyclic) bond motifs is 1. The number of para-hydroxylation sites is 1. The summed E-state index contributed by atoms with van der Waals surface area (Å²) in [5.41, 5.74) is 1.20. The Kier molecular flexibility index (Phi) is 3.11. The first-order valence-electron chi connectivity index (χ1n) is 5.42. The van der Waals surface area contributed by atoms with Crippen molar-refractivity contribution in [3.8, 4) is 11.5 Å². The minimum absolute atomic E-state index is 0.296. The number of ether oxygens (including phenoxy) is 2. The third-order valence-corrected chi connectivity index (χ3v) is 2.59. The summed E-state index contributed by atoms with van der Waals surface area (Å²) in [5, 5.41) is 3.22. The van der Waals surface area contributed by atoms with Crippen LogP contribution in [0.3, 0.4) is 0 Å². The Morgan fingerprint density at radius 2 is 2.40 bits per heavy atom. The Bertz CT molecular complexity index is 338. The summed E-state index contributed by atoms with van der Waals surface area (Å²) in [6, 6.07) is 6.36. The van der Waals surface area contributed by atoms with Gasteiger partial charge < -0.3 is 14.8 Å². The maximum absolute atomic E-state index is 5.64. The lowest BCUT2D eigenvalue weighted by Crippen LogP contribution is -2.16. The van der Waals surface area contributed by atoms with Gasteiger partial charge in [0.15, 0.2) is 11.5 Å². The van der Waals surface area contributed by atoms with Gasteiger partial charge in [0.25, 0.3) is 0 Å². The van der Waals surface area contributed by atoms with Gasteiger partial charge in [-0.2, -0.15) is 0 Å². The van der Waals surface area contributed by atoms with Gasteiger partial charge in [-0.25, -0.2) is 0 Å². The Labute approximate surface area is 90.4 Å². The molecule has 0 spiro atoms. The Hall–Kier alpha value is -1.22. The topological polar surface area (TPSA) is 30.5 Å². The van der Waals surface area contributed by atoms with E-state index in [9.17, 15) is 0 Å². The van der Waals surface area contributed by atoms with E-state index in [2.05, 4.69) is 18.3 Å². The van der Waals surface area contributed by atoms with E-state index in [0.29, 0.717) is 12.6 Å². The quantitative estimate of drug-likeness (QED) is 0.820. The number of rotatable bonds is 4. The van der Waals surface area contributed by atoms with Gasteiger partial charge in [-0.1, -0.05) is 19.1 Å². The first-order valence-corrected chi connectivity index (χ1v) is 5.42. The highest BCUT2D eigenvalue weighted by Crippen LogP contribution is 2.39. The summed E-state index contributed by atoms with van der Waals surface area (Å²) in [6.45, 7) is 3.53. The molecule has 0 aromatic heterocycles. The predicted molar refractivity (Wildman–Crippen MR) is 59.5 cm³/mol. The molecule has 0 saturated heterocycles. The second-order valence-electron chi connectivity index (χ2n) is 3.68. The summed E-state index contributed by atoms with van der Waals surface area (Å²) >= 11 is 0. The molecule has 1 N–H and O–H groups in total. The van der Waals surface area contributed by atoms with Gasteiger partial charge in [-0.15, -0.1) is 0 Å². The zero-order chi connectivity index (χ0) is 10.7. The van der Waals surface area contributed by atoms with E-state index in [0.717, 1.165) is 24.5 Å². The summed E-state index contributed by atoms with van der Waals surface area (Å²) in [6.07, 6.45) is 1.01. The van der Waals surface area contributed by atoms with Crippen LogP contribution in [-0.2, 0) is 0 Å². The van der Waals surface area contributed by atoms with Crippen LogP contribution in [-0.4, -0.2) is 20.3 Å². The van der Waals surface area contributed by atoms with Gasteiger partial charge in [-0.3, -0.25) is 0 Å². The maximum atomic E-state index is 5.64. The van der Waals surface area contributed by atoms with E-state index in [1.54, 1.807) is 0 Å². The van der Waals surface area contributed by atoms with Crippen LogP contribution < -0.4 is 14.8 Å². The van der Waals surface area contributed by atoms with Gasteiger partial charge >= 0.3 is 0 Å². The molecule has 0 aliphatic carbocycles. The zero-order valence-electron chi connectivity index (χ0n) is 9.25. The van der Waals surface area contributed by atoms with Gasteiger partial charge in [0.1, 0.15) is 6.61 Å². The summed E-state index contributed by atoms with van der Waals surface area (Å²) < 4.78 is 11.3. The SMILES string of the molecule is CCCOc1cccc2c1OCC2NC. The minimum atomic E-state index is 0.296. The van der Waals surface area contributed by atoms with E-state index in [-0.39, 0.29) is 0 Å². The molecule has 15 heavy (non-hydrogen) atoms. The van der Waals surface area contributed by atoms with Crippen molar-refractivity contribution in [1.29, 1.82) is 0 Å². The first kappa shape index (κ1) is 10.3. The number of nitrogens with one attached hydrogen (secondary N) is 1. The lowest BCUT2D eigenvalue weighted by atomic mass is 10.1. The second-order valence-corrected chi connectivity index (χ2v) is 3.68. The fourth-order valence-corrected chi connectivity index (χ4v) is 1.78. The Morgan fingerprint density at radius 3 is 3.13 bits per heavy atom. The molecule has 1 unspecified atom stereocenters. The number of hydrogen-bond acceptors (Lipinski definition) is 3. The molecule has 82 valence electrons. The fourth-order valence-electron chi connectivity index (χ4n) is 1.78. The van der Waals surface area contributed by atoms with E-state index in [1.807, 2.05) is 19.2 Å². The molecule has 1 aromatic carbocycles. The van der Waals surface area contributed by atoms with Crippen molar-refractivity contribution >= 4 is 0 Å². The molecular weight excluding hydrogens is 190 g/mol. The first-order chi connectivity index (χ1) is 7.36. The lowest BCUT2D eigenvalue weighted by molar-refractivity contribution is 0.275. The molecule has 0 fully saturated rings. The van der Waals surface area contributed by atoms with Crippen LogP contribution in [0.4, 0.5) is 0 Å². The molecule has 0 bridgehead atoms. The molecule has 0 radical (unpaired) electrons. The maximum Gasteiger partial charge on any atom is 0.166 e. The largest absolute Gasteiger partial charge is 0.490 e. The smallest absolute Gasteiger partial charge is 0.166 e. The molecule has 0 saturated carbocycles. The number of hydrogen-bond donors (Lipinski definition) is 1. The van der Waals surface area contributed by atoms with Crippen LogP contribution >= 0.6 is 0 Å². The molecule has 1 aliphatic rings. The van der Waals surface area contributed by atoms with Gasteiger partial charge in [-0.05, 0) is 19.5 Å². The molecule has 0 amide bonds. The van der Waals surface area contributed by atoms with Crippen LogP contribution in [0.25, 0.3) is 0 Å². The van der Waals surface area contributed by atoms with Crippen LogP contribution in [0, 0.1) is 0 Å². The van der Waals surface area contributed by atoms with Crippen molar-refractivity contribution < 1.29 is 9.47 Å². The molecule has 1 atom stereocenters. The third-order valence-electron chi connectivity index (χ3n) is 2.59. The Balaban J connectivity index is 2.23. The van der Waals surface area contributed by atoms with E-state index < -0.39 is 0 Å². The van der Waals surface area contributed by atoms with Crippen LogP contribution in [0.2, 0.25) is 0 Å². The van der Waals surface area contributed by atoms with Gasteiger partial charge in [0, 0.05) is 5.56 Å². The summed E-state index contributed by atoms with van der Waals surface area (Å²) in [7, 11) is 1.95. The highest BCUT2D eigenvalue weighted by molar-refractivity contribution is 5.50. The van der Waals surface area contributed by atoms with Gasteiger partial charge in [0.05, 0.1) is 12.6 Å². The van der Waals surface area contributed by atoms with Crippen molar-refractivity contribution in [2.24, 2.45) is 0 Å². The van der Waals surface area contributed by atoms with E-state index >= 15 is 0 Å². The van der Waals surface area contributed by atoms with Crippen LogP contribution in [0.15, 0.2) is 18.2 Å². The normalized spacial score (nSPS) is 18.4. The molecule has 1 heterocycles. The molecule has 1 aliphatic heterocycles. The van der Waals surface area contributed by atoms with Crippen molar-refractivity contribution in [2.75, 3.05) is 20.3 Å². The van der Waals surface area contributed by atoms with Crippen molar-refractivity contribution in [3.05, 3.63) is 23.8 Å². The van der Waals surface area contributed by atoms with Crippen molar-refractivity contribution in [1.82, 2.24) is 5.32 Å². The standard InChI is InChI=1S/C12H17NO2/c1-3-7-14-11-6-4-5-9-10(13-2)8-15-12(9)11/h4-6,10,13H,3,7-8H2,1-2H3.